The van der Waals surface area contributed by atoms with Gasteiger partial charge in [-0.15, -0.1) is 0 Å². The number of nitrogens with one attached hydrogen (secondary N) is 2. The first-order valence-electron chi connectivity index (χ1n) is 8.74. The van der Waals surface area contributed by atoms with Crippen LogP contribution < -0.4 is 21.4 Å². The van der Waals surface area contributed by atoms with Gasteiger partial charge in [0.2, 0.25) is 5.91 Å². The molecule has 4 N–H and O–H groups in total. The van der Waals surface area contributed by atoms with Gasteiger partial charge in [-0.2, -0.15) is 5.10 Å². The summed E-state index contributed by atoms with van der Waals surface area (Å²) in [5.74, 6) is -3.84. The zero-order valence-corrected chi connectivity index (χ0v) is 15.8. The molecule has 148 valence electrons. The van der Waals surface area contributed by atoms with Crippen molar-refractivity contribution in [3.8, 4) is 0 Å². The predicted octanol–water partition coefficient (Wildman–Crippen LogP) is 1.46. The molecule has 29 heavy (non-hydrogen) atoms. The lowest BCUT2D eigenvalue weighted by Crippen LogP contribution is -2.35. The number of imide groups is 1. The standard InChI is InChI=1S/C20H19N5O4/c1-11-7-3-5-9-13(11)22-17(26)15-16(23-24-20(21)29)19(28)25(18(15)27)14-10-6-4-8-12(14)2/h3-10,15H,1-2H3,(H,22,26)(H3,21,24,29)/b23-16+/t15-/m1/s1. The number of hydrazone groups is 1. The van der Waals surface area contributed by atoms with Crippen molar-refractivity contribution in [2.45, 2.75) is 13.8 Å². The molecule has 1 saturated heterocycles. The van der Waals surface area contributed by atoms with E-state index in [1.807, 2.05) is 5.43 Å². The highest BCUT2D eigenvalue weighted by atomic mass is 16.2. The topological polar surface area (TPSA) is 134 Å². The number of carbonyl (C=O) groups excluding carboxylic acids is 4. The van der Waals surface area contributed by atoms with Crippen molar-refractivity contribution in [3.63, 3.8) is 0 Å². The average Bonchev–Trinajstić information content (AvgIpc) is 2.92. The molecule has 0 radical (unpaired) electrons. The minimum atomic E-state index is -1.53. The number of carbonyl (C=O) groups is 4. The highest BCUT2D eigenvalue weighted by Gasteiger charge is 2.50. The van der Waals surface area contributed by atoms with E-state index in [9.17, 15) is 19.2 Å². The number of nitrogens with zero attached hydrogens (tertiary/aromatic N) is 2. The molecule has 9 heteroatoms. The Morgan fingerprint density at radius 1 is 1.00 bits per heavy atom. The number of para-hydroxylation sites is 2. The summed E-state index contributed by atoms with van der Waals surface area (Å²) in [6.45, 7) is 3.52. The summed E-state index contributed by atoms with van der Waals surface area (Å²) < 4.78 is 0. The molecule has 1 aliphatic rings. The van der Waals surface area contributed by atoms with Gasteiger partial charge < -0.3 is 11.1 Å². The smallest absolute Gasteiger partial charge is 0.332 e. The zero-order chi connectivity index (χ0) is 21.1. The summed E-state index contributed by atoms with van der Waals surface area (Å²) in [5.41, 5.74) is 8.81. The van der Waals surface area contributed by atoms with Crippen LogP contribution in [-0.2, 0) is 14.4 Å². The summed E-state index contributed by atoms with van der Waals surface area (Å²) in [6.07, 6.45) is 0. The number of aryl methyl sites for hydroxylation is 2. The van der Waals surface area contributed by atoms with Crippen LogP contribution in [0.5, 0.6) is 0 Å². The lowest BCUT2D eigenvalue weighted by Gasteiger charge is -2.16. The third kappa shape index (κ3) is 3.84. The molecule has 5 amide bonds. The van der Waals surface area contributed by atoms with Gasteiger partial charge in [-0.05, 0) is 37.1 Å². The van der Waals surface area contributed by atoms with Crippen LogP contribution in [-0.4, -0.2) is 29.5 Å². The van der Waals surface area contributed by atoms with Crippen molar-refractivity contribution in [1.82, 2.24) is 5.43 Å². The third-order valence-electron chi connectivity index (χ3n) is 4.47. The fraction of sp³-hybridized carbons (Fsp3) is 0.150. The van der Waals surface area contributed by atoms with Crippen LogP contribution in [0.15, 0.2) is 53.6 Å². The minimum Gasteiger partial charge on any atom is -0.350 e. The molecule has 2 aromatic carbocycles. The Morgan fingerprint density at radius 2 is 1.62 bits per heavy atom. The molecular weight excluding hydrogens is 374 g/mol. The van der Waals surface area contributed by atoms with Crippen LogP contribution in [0.4, 0.5) is 16.2 Å². The first-order valence-corrected chi connectivity index (χ1v) is 8.74. The van der Waals surface area contributed by atoms with E-state index >= 15 is 0 Å². The second-order valence-electron chi connectivity index (χ2n) is 6.48. The molecule has 1 fully saturated rings. The van der Waals surface area contributed by atoms with Crippen LogP contribution in [0.25, 0.3) is 0 Å². The fourth-order valence-corrected chi connectivity index (χ4v) is 3.01. The van der Waals surface area contributed by atoms with Gasteiger partial charge in [-0.1, -0.05) is 36.4 Å². The molecular formula is C20H19N5O4. The molecule has 0 bridgehead atoms. The van der Waals surface area contributed by atoms with Gasteiger partial charge in [0.15, 0.2) is 5.92 Å². The molecule has 0 unspecified atom stereocenters. The van der Waals surface area contributed by atoms with Crippen LogP contribution >= 0.6 is 0 Å². The van der Waals surface area contributed by atoms with E-state index in [4.69, 9.17) is 5.73 Å². The highest BCUT2D eigenvalue weighted by molar-refractivity contribution is 6.61. The molecule has 1 atom stereocenters. The quantitative estimate of drug-likeness (QED) is 0.412. The highest BCUT2D eigenvalue weighted by Crippen LogP contribution is 2.29. The van der Waals surface area contributed by atoms with Gasteiger partial charge in [0, 0.05) is 5.69 Å². The van der Waals surface area contributed by atoms with Gasteiger partial charge in [0.05, 0.1) is 5.69 Å². The third-order valence-corrected chi connectivity index (χ3v) is 4.47. The number of nitrogens with two attached hydrogens (primary N) is 1. The summed E-state index contributed by atoms with van der Waals surface area (Å²) in [4.78, 5) is 50.8. The van der Waals surface area contributed by atoms with E-state index in [0.717, 1.165) is 10.5 Å². The van der Waals surface area contributed by atoms with Crippen molar-refractivity contribution in [2.75, 3.05) is 10.2 Å². The van der Waals surface area contributed by atoms with Gasteiger partial charge in [0.1, 0.15) is 5.71 Å². The molecule has 3 rings (SSSR count). The van der Waals surface area contributed by atoms with Crippen LogP contribution in [0.3, 0.4) is 0 Å². The first-order chi connectivity index (χ1) is 13.8. The summed E-state index contributed by atoms with van der Waals surface area (Å²) >= 11 is 0. The number of primary amides is 1. The van der Waals surface area contributed by atoms with Crippen molar-refractivity contribution in [2.24, 2.45) is 16.8 Å². The number of hydrogen-bond donors (Lipinski definition) is 3. The molecule has 1 heterocycles. The fourth-order valence-electron chi connectivity index (χ4n) is 3.01. The summed E-state index contributed by atoms with van der Waals surface area (Å²) in [6, 6.07) is 12.7. The normalized spacial score (nSPS) is 17.5. The van der Waals surface area contributed by atoms with Crippen molar-refractivity contribution in [3.05, 3.63) is 59.7 Å². The van der Waals surface area contributed by atoms with Crippen molar-refractivity contribution < 1.29 is 19.2 Å². The van der Waals surface area contributed by atoms with Crippen LogP contribution in [0.1, 0.15) is 11.1 Å². The lowest BCUT2D eigenvalue weighted by molar-refractivity contribution is -0.127. The van der Waals surface area contributed by atoms with E-state index in [1.165, 1.54) is 0 Å². The molecule has 2 aromatic rings. The number of urea groups is 1. The van der Waals surface area contributed by atoms with E-state index < -0.39 is 35.4 Å². The van der Waals surface area contributed by atoms with Gasteiger partial charge in [-0.3, -0.25) is 14.4 Å². The van der Waals surface area contributed by atoms with E-state index in [1.54, 1.807) is 62.4 Å². The maximum atomic E-state index is 13.1. The Labute approximate surface area is 166 Å². The largest absolute Gasteiger partial charge is 0.350 e. The Morgan fingerprint density at radius 3 is 2.24 bits per heavy atom. The second kappa shape index (κ2) is 7.93. The summed E-state index contributed by atoms with van der Waals surface area (Å²) in [5, 5.41) is 6.29. The molecule has 0 saturated carbocycles. The number of anilines is 2. The maximum Gasteiger partial charge on any atom is 0.332 e. The average molecular weight is 393 g/mol. The SMILES string of the molecule is Cc1ccccc1NC(=O)[C@@H]1C(=O)N(c2ccccc2C)C(=O)/C1=N/NC(N)=O. The number of amides is 5. The number of hydrogen-bond acceptors (Lipinski definition) is 5. The Kier molecular flexibility index (Phi) is 5.40. The Bertz CT molecular complexity index is 1050. The van der Waals surface area contributed by atoms with Crippen LogP contribution in [0.2, 0.25) is 0 Å². The molecule has 0 aromatic heterocycles. The molecule has 0 spiro atoms. The Balaban J connectivity index is 2.01. The van der Waals surface area contributed by atoms with Crippen molar-refractivity contribution in [1.29, 1.82) is 0 Å². The molecule has 1 aliphatic heterocycles. The predicted molar refractivity (Wildman–Crippen MR) is 107 cm³/mol. The lowest BCUT2D eigenvalue weighted by atomic mass is 10.0. The first kappa shape index (κ1) is 19.7. The summed E-state index contributed by atoms with van der Waals surface area (Å²) in [7, 11) is 0. The molecule has 0 aliphatic carbocycles. The molecule has 9 nitrogen and oxygen atoms in total. The van der Waals surface area contributed by atoms with Crippen molar-refractivity contribution >= 4 is 40.8 Å². The van der Waals surface area contributed by atoms with Gasteiger partial charge in [-0.25, -0.2) is 15.1 Å². The Hall–Kier alpha value is -4.01. The van der Waals surface area contributed by atoms with E-state index in [2.05, 4.69) is 10.4 Å². The minimum absolute atomic E-state index is 0.334. The monoisotopic (exact) mass is 393 g/mol. The number of benzene rings is 2. The van der Waals surface area contributed by atoms with E-state index in [0.29, 0.717) is 16.9 Å². The zero-order valence-electron chi connectivity index (χ0n) is 15.8. The number of rotatable bonds is 4. The van der Waals surface area contributed by atoms with Gasteiger partial charge in [0.25, 0.3) is 11.8 Å². The maximum absolute atomic E-state index is 13.1. The van der Waals surface area contributed by atoms with Gasteiger partial charge >= 0.3 is 6.03 Å². The van der Waals surface area contributed by atoms with Crippen LogP contribution in [0, 0.1) is 19.8 Å². The second-order valence-corrected chi connectivity index (χ2v) is 6.48. The van der Waals surface area contributed by atoms with E-state index in [-0.39, 0.29) is 0 Å².